The molecule has 10 heteroatoms. The second kappa shape index (κ2) is 8.17. The molecule has 3 aromatic rings. The average Bonchev–Trinajstić information content (AvgIpc) is 3.13. The molecule has 1 aliphatic rings. The lowest BCUT2D eigenvalue weighted by Crippen LogP contribution is -2.58. The molecule has 0 saturated heterocycles. The van der Waals surface area contributed by atoms with E-state index < -0.39 is 5.79 Å². The van der Waals surface area contributed by atoms with Crippen molar-refractivity contribution in [1.82, 2.24) is 20.3 Å². The number of nitrogens with one attached hydrogen (secondary N) is 3. The first kappa shape index (κ1) is 19.9. The maximum absolute atomic E-state index is 13.4. The molecule has 0 aliphatic carbocycles. The fourth-order valence-corrected chi connectivity index (χ4v) is 3.69. The Kier molecular flexibility index (Phi) is 5.42. The van der Waals surface area contributed by atoms with Crippen LogP contribution in [0.25, 0.3) is 0 Å². The molecule has 154 valence electrons. The summed E-state index contributed by atoms with van der Waals surface area (Å²) < 4.78 is 13.4. The highest BCUT2D eigenvalue weighted by molar-refractivity contribution is 7.15. The molecule has 0 saturated carbocycles. The zero-order valence-electron chi connectivity index (χ0n) is 16.4. The summed E-state index contributed by atoms with van der Waals surface area (Å²) in [6.45, 7) is 3.91. The fraction of sp³-hybridized carbons (Fsp3) is 0.200. The number of amidine groups is 1. The summed E-state index contributed by atoms with van der Waals surface area (Å²) in [5, 5.41) is 10.3. The summed E-state index contributed by atoms with van der Waals surface area (Å²) >= 11 is 1.52. The number of hydrogen-bond donors (Lipinski definition) is 4. The fourth-order valence-electron chi connectivity index (χ4n) is 3.01. The monoisotopic (exact) mass is 424 g/mol. The molecule has 2 unspecified atom stereocenters. The van der Waals surface area contributed by atoms with Gasteiger partial charge in [0, 0.05) is 35.5 Å². The van der Waals surface area contributed by atoms with Gasteiger partial charge in [-0.05, 0) is 24.6 Å². The molecule has 2 atom stereocenters. The Balaban J connectivity index is 1.66. The average molecular weight is 425 g/mol. The van der Waals surface area contributed by atoms with Gasteiger partial charge in [0.15, 0.2) is 10.9 Å². The van der Waals surface area contributed by atoms with Crippen LogP contribution in [0.1, 0.15) is 23.3 Å². The van der Waals surface area contributed by atoms with Gasteiger partial charge in [0.05, 0.1) is 6.20 Å². The van der Waals surface area contributed by atoms with Crippen LogP contribution in [0.15, 0.2) is 65.9 Å². The van der Waals surface area contributed by atoms with Gasteiger partial charge in [0.2, 0.25) is 0 Å². The van der Waals surface area contributed by atoms with Crippen LogP contribution in [-0.2, 0) is 0 Å². The van der Waals surface area contributed by atoms with Gasteiger partial charge in [0.25, 0.3) is 0 Å². The van der Waals surface area contributed by atoms with E-state index in [-0.39, 0.29) is 11.7 Å². The van der Waals surface area contributed by atoms with E-state index in [1.165, 1.54) is 23.5 Å². The zero-order chi connectivity index (χ0) is 21.1. The molecule has 30 heavy (non-hydrogen) atoms. The SMILES string of the molecule is Cc1cnc(NC2=NC(N)(C(C)c3ccc(F)cc3)NC(Nc3cnccn3)=C2)s1. The Bertz CT molecular complexity index is 1080. The van der Waals surface area contributed by atoms with Crippen molar-refractivity contribution in [2.75, 3.05) is 10.6 Å². The van der Waals surface area contributed by atoms with Crippen LogP contribution >= 0.6 is 11.3 Å². The largest absolute Gasteiger partial charge is 0.335 e. The molecule has 0 fully saturated rings. The van der Waals surface area contributed by atoms with Gasteiger partial charge in [-0.3, -0.25) is 10.7 Å². The Morgan fingerprint density at radius 1 is 1.13 bits per heavy atom. The Morgan fingerprint density at radius 2 is 1.93 bits per heavy atom. The quantitative estimate of drug-likeness (QED) is 0.498. The molecule has 8 nitrogen and oxygen atoms in total. The van der Waals surface area contributed by atoms with Crippen molar-refractivity contribution < 1.29 is 4.39 Å². The van der Waals surface area contributed by atoms with Crippen molar-refractivity contribution in [2.24, 2.45) is 10.7 Å². The summed E-state index contributed by atoms with van der Waals surface area (Å²) in [6, 6.07) is 6.23. The molecular weight excluding hydrogens is 403 g/mol. The van der Waals surface area contributed by atoms with Gasteiger partial charge >= 0.3 is 0 Å². The number of aryl methyl sites for hydroxylation is 1. The van der Waals surface area contributed by atoms with Crippen molar-refractivity contribution in [3.8, 4) is 0 Å². The van der Waals surface area contributed by atoms with Gasteiger partial charge in [-0.25, -0.2) is 19.4 Å². The second-order valence-corrected chi connectivity index (χ2v) is 8.13. The van der Waals surface area contributed by atoms with Gasteiger partial charge < -0.3 is 16.0 Å². The predicted octanol–water partition coefficient (Wildman–Crippen LogP) is 3.16. The van der Waals surface area contributed by atoms with Crippen molar-refractivity contribution in [3.05, 3.63) is 77.2 Å². The van der Waals surface area contributed by atoms with E-state index in [1.807, 2.05) is 13.8 Å². The summed E-state index contributed by atoms with van der Waals surface area (Å²) in [4.78, 5) is 18.4. The zero-order valence-corrected chi connectivity index (χ0v) is 17.2. The van der Waals surface area contributed by atoms with Crippen molar-refractivity contribution in [3.63, 3.8) is 0 Å². The summed E-state index contributed by atoms with van der Waals surface area (Å²) in [5.41, 5.74) is 7.55. The van der Waals surface area contributed by atoms with E-state index in [0.29, 0.717) is 22.6 Å². The van der Waals surface area contributed by atoms with E-state index in [1.54, 1.807) is 43.0 Å². The molecule has 5 N–H and O–H groups in total. The highest BCUT2D eigenvalue weighted by atomic mass is 32.1. The topological polar surface area (TPSA) is 113 Å². The third-order valence-electron chi connectivity index (χ3n) is 4.63. The lowest BCUT2D eigenvalue weighted by atomic mass is 9.93. The van der Waals surface area contributed by atoms with E-state index in [4.69, 9.17) is 10.7 Å². The lowest BCUT2D eigenvalue weighted by Gasteiger charge is -2.37. The van der Waals surface area contributed by atoms with E-state index in [9.17, 15) is 4.39 Å². The highest BCUT2D eigenvalue weighted by Crippen LogP contribution is 2.29. The van der Waals surface area contributed by atoms with E-state index in [2.05, 4.69) is 30.9 Å². The smallest absolute Gasteiger partial charge is 0.192 e. The number of nitrogens with two attached hydrogens (primary N) is 1. The Hall–Kier alpha value is -3.37. The summed E-state index contributed by atoms with van der Waals surface area (Å²) in [7, 11) is 0. The van der Waals surface area contributed by atoms with Gasteiger partial charge in [-0.1, -0.05) is 19.1 Å². The van der Waals surface area contributed by atoms with Crippen LogP contribution in [0.2, 0.25) is 0 Å². The van der Waals surface area contributed by atoms with Crippen molar-refractivity contribution in [2.45, 2.75) is 25.6 Å². The molecule has 3 heterocycles. The second-order valence-electron chi connectivity index (χ2n) is 6.90. The van der Waals surface area contributed by atoms with Crippen molar-refractivity contribution in [1.29, 1.82) is 0 Å². The number of benzene rings is 1. The molecule has 0 radical (unpaired) electrons. The number of rotatable bonds is 5. The normalized spacial score (nSPS) is 19.3. The molecule has 1 aromatic carbocycles. The first-order chi connectivity index (χ1) is 14.4. The lowest BCUT2D eigenvalue weighted by molar-refractivity contribution is 0.322. The standard InChI is InChI=1S/C20H21FN8S/c1-12-10-25-19(30-12)27-17-9-16(26-18-11-23-7-8-24-18)28-20(22,29-17)13(2)14-3-5-15(21)6-4-14/h3-11,13,28H,22H2,1-2H3,(H,24,26)(H,25,27,29). The van der Waals surface area contributed by atoms with Crippen LogP contribution in [0, 0.1) is 12.7 Å². The number of aromatic nitrogens is 3. The molecule has 0 spiro atoms. The summed E-state index contributed by atoms with van der Waals surface area (Å²) in [5.74, 6) is -0.0990. The highest BCUT2D eigenvalue weighted by Gasteiger charge is 2.36. The molecule has 1 aliphatic heterocycles. The maximum atomic E-state index is 13.4. The third-order valence-corrected chi connectivity index (χ3v) is 5.46. The number of halogens is 1. The Morgan fingerprint density at radius 3 is 2.60 bits per heavy atom. The van der Waals surface area contributed by atoms with Gasteiger partial charge in [-0.15, -0.1) is 11.3 Å². The van der Waals surface area contributed by atoms with Crippen LogP contribution in [0.3, 0.4) is 0 Å². The molecule has 2 aromatic heterocycles. The Labute approximate surface area is 177 Å². The van der Waals surface area contributed by atoms with Gasteiger partial charge in [-0.2, -0.15) is 0 Å². The number of thiazole rings is 1. The number of anilines is 2. The van der Waals surface area contributed by atoms with E-state index in [0.717, 1.165) is 10.4 Å². The molecule has 0 bridgehead atoms. The van der Waals surface area contributed by atoms with Crippen LogP contribution in [0.5, 0.6) is 0 Å². The minimum atomic E-state index is -1.20. The third kappa shape index (κ3) is 4.44. The maximum Gasteiger partial charge on any atom is 0.192 e. The number of aliphatic imine (C=N–C) groups is 1. The van der Waals surface area contributed by atoms with Crippen LogP contribution in [0.4, 0.5) is 15.3 Å². The number of hydrogen-bond acceptors (Lipinski definition) is 9. The summed E-state index contributed by atoms with van der Waals surface area (Å²) in [6.07, 6.45) is 8.36. The first-order valence-electron chi connectivity index (χ1n) is 9.28. The minimum absolute atomic E-state index is 0.278. The predicted molar refractivity (Wildman–Crippen MR) is 117 cm³/mol. The first-order valence-corrected chi connectivity index (χ1v) is 10.1. The van der Waals surface area contributed by atoms with Gasteiger partial charge in [0.1, 0.15) is 23.3 Å². The van der Waals surface area contributed by atoms with Crippen LogP contribution in [-0.4, -0.2) is 26.6 Å². The van der Waals surface area contributed by atoms with Crippen molar-refractivity contribution >= 4 is 28.1 Å². The minimum Gasteiger partial charge on any atom is -0.335 e. The molecule has 0 amide bonds. The molecule has 4 rings (SSSR count). The molecular formula is C20H21FN8S. The number of nitrogens with zero attached hydrogens (tertiary/aromatic N) is 4. The van der Waals surface area contributed by atoms with E-state index >= 15 is 0 Å². The van der Waals surface area contributed by atoms with Crippen LogP contribution < -0.4 is 21.7 Å².